The van der Waals surface area contributed by atoms with Gasteiger partial charge in [-0.1, -0.05) is 29.8 Å². The maximum absolute atomic E-state index is 11.6. The van der Waals surface area contributed by atoms with E-state index in [2.05, 4.69) is 6.58 Å². The topological polar surface area (TPSA) is 26.3 Å². The zero-order valence-electron chi connectivity index (χ0n) is 9.62. The number of alkyl halides is 1. The third-order valence-corrected chi connectivity index (χ3v) is 5.57. The predicted molar refractivity (Wildman–Crippen MR) is 66.7 cm³/mol. The zero-order chi connectivity index (χ0) is 12.2. The van der Waals surface area contributed by atoms with Gasteiger partial charge in [0, 0.05) is 11.8 Å². The summed E-state index contributed by atoms with van der Waals surface area (Å²) >= 11 is 12.2. The minimum atomic E-state index is -0.817. The Kier molecular flexibility index (Phi) is 2.71. The van der Waals surface area contributed by atoms with Crippen molar-refractivity contribution in [3.63, 3.8) is 0 Å². The lowest BCUT2D eigenvalue weighted by molar-refractivity contribution is -0.177. The second-order valence-electron chi connectivity index (χ2n) is 5.80. The molecule has 2 nitrogen and oxygen atoms in total. The van der Waals surface area contributed by atoms with Crippen LogP contribution in [-0.2, 0) is 9.53 Å². The van der Waals surface area contributed by atoms with Gasteiger partial charge < -0.3 is 4.74 Å². The summed E-state index contributed by atoms with van der Waals surface area (Å²) < 4.78 is 5.47. The molecule has 0 N–H and O–H groups in total. The van der Waals surface area contributed by atoms with Gasteiger partial charge in [0.15, 0.2) is 5.06 Å². The summed E-state index contributed by atoms with van der Waals surface area (Å²) in [5.41, 5.74) is 0. The van der Waals surface area contributed by atoms with Gasteiger partial charge in [-0.25, -0.2) is 4.79 Å². The first kappa shape index (κ1) is 11.9. The van der Waals surface area contributed by atoms with E-state index in [-0.39, 0.29) is 5.03 Å². The molecule has 94 valence electrons. The number of ether oxygens (including phenoxy) is 1. The Hall–Kier alpha value is -0.210. The molecule has 4 bridgehead atoms. The molecule has 0 aromatic carbocycles. The van der Waals surface area contributed by atoms with Gasteiger partial charge in [-0.3, -0.25) is 0 Å². The fourth-order valence-corrected chi connectivity index (χ4v) is 4.66. The van der Waals surface area contributed by atoms with Gasteiger partial charge in [0.05, 0.1) is 0 Å². The minimum Gasteiger partial charge on any atom is -0.438 e. The fourth-order valence-electron chi connectivity index (χ4n) is 4.19. The summed E-state index contributed by atoms with van der Waals surface area (Å²) in [4.78, 5) is 11.6. The molecule has 4 heteroatoms. The van der Waals surface area contributed by atoms with E-state index >= 15 is 0 Å². The van der Waals surface area contributed by atoms with E-state index in [1.54, 1.807) is 0 Å². The van der Waals surface area contributed by atoms with E-state index in [1.807, 2.05) is 0 Å². The summed E-state index contributed by atoms with van der Waals surface area (Å²) in [6.07, 6.45) is 5.73. The third-order valence-electron chi connectivity index (χ3n) is 4.72. The van der Waals surface area contributed by atoms with E-state index in [4.69, 9.17) is 27.9 Å². The smallest absolute Gasteiger partial charge is 0.350 e. The van der Waals surface area contributed by atoms with E-state index in [1.165, 1.54) is 6.42 Å². The Balaban J connectivity index is 1.82. The number of halogens is 2. The summed E-state index contributed by atoms with van der Waals surface area (Å²) in [5, 5.41) is -0.902. The molecular formula is C13H16Cl2O2. The van der Waals surface area contributed by atoms with Crippen LogP contribution in [0.2, 0.25) is 0 Å². The molecule has 4 rings (SSSR count). The molecule has 4 aliphatic carbocycles. The highest BCUT2D eigenvalue weighted by Gasteiger charge is 2.59. The van der Waals surface area contributed by atoms with Gasteiger partial charge in [0.25, 0.3) is 0 Å². The molecule has 0 aromatic rings. The van der Waals surface area contributed by atoms with Crippen LogP contribution in [0.15, 0.2) is 11.6 Å². The minimum absolute atomic E-state index is 0.0844. The molecule has 4 aliphatic rings. The van der Waals surface area contributed by atoms with Crippen molar-refractivity contribution < 1.29 is 9.53 Å². The van der Waals surface area contributed by atoms with Crippen LogP contribution in [0.4, 0.5) is 0 Å². The van der Waals surface area contributed by atoms with Gasteiger partial charge in [-0.2, -0.15) is 0 Å². The van der Waals surface area contributed by atoms with Crippen LogP contribution in [0.3, 0.4) is 0 Å². The van der Waals surface area contributed by atoms with E-state index in [0.29, 0.717) is 11.8 Å². The number of rotatable bonds is 2. The molecule has 0 amide bonds. The molecule has 4 fully saturated rings. The highest BCUT2D eigenvalue weighted by Crippen LogP contribution is 2.61. The predicted octanol–water partition coefficient (Wildman–Crippen LogP) is 3.67. The normalized spacial score (nSPS) is 46.9. The summed E-state index contributed by atoms with van der Waals surface area (Å²) in [7, 11) is 0. The molecule has 0 aliphatic heterocycles. The highest BCUT2D eigenvalue weighted by molar-refractivity contribution is 6.41. The Bertz CT molecular complexity index is 350. The summed E-state index contributed by atoms with van der Waals surface area (Å²) in [6.45, 7) is 3.40. The van der Waals surface area contributed by atoms with Crippen molar-refractivity contribution in [1.82, 2.24) is 0 Å². The number of hydrogen-bond donors (Lipinski definition) is 0. The molecule has 0 aromatic heterocycles. The first-order chi connectivity index (χ1) is 7.99. The van der Waals surface area contributed by atoms with Crippen LogP contribution >= 0.6 is 23.2 Å². The molecule has 0 unspecified atom stereocenters. The van der Waals surface area contributed by atoms with E-state index in [0.717, 1.165) is 37.5 Å². The highest BCUT2D eigenvalue weighted by atomic mass is 35.5. The molecule has 0 spiro atoms. The maximum atomic E-state index is 11.6. The van der Waals surface area contributed by atoms with Gasteiger partial charge in [-0.05, 0) is 43.9 Å². The van der Waals surface area contributed by atoms with Crippen molar-refractivity contribution in [1.29, 1.82) is 0 Å². The van der Waals surface area contributed by atoms with Gasteiger partial charge in [-0.15, -0.1) is 0 Å². The van der Waals surface area contributed by atoms with Crippen molar-refractivity contribution in [2.24, 2.45) is 23.7 Å². The van der Waals surface area contributed by atoms with E-state index in [9.17, 15) is 4.79 Å². The van der Waals surface area contributed by atoms with Gasteiger partial charge in [0.2, 0.25) is 0 Å². The maximum Gasteiger partial charge on any atom is 0.350 e. The quantitative estimate of drug-likeness (QED) is 0.436. The fraction of sp³-hybridized carbons (Fsp3) is 0.769. The summed E-state index contributed by atoms with van der Waals surface area (Å²) in [6, 6.07) is 0. The van der Waals surface area contributed by atoms with Gasteiger partial charge in [0.1, 0.15) is 5.03 Å². The number of carbonyl (C=O) groups excluding carboxylic acids is 1. The number of hydrogen-bond acceptors (Lipinski definition) is 2. The Labute approximate surface area is 111 Å². The lowest BCUT2D eigenvalue weighted by Crippen LogP contribution is -2.56. The average molecular weight is 275 g/mol. The lowest BCUT2D eigenvalue weighted by Gasteiger charge is -2.57. The van der Waals surface area contributed by atoms with E-state index < -0.39 is 11.0 Å². The standard InChI is InChI=1S/C13H16Cl2O2/c1-7(14)12(16)17-13(15)10-3-8-2-9(5-10)6-11(13)4-8/h8-11H,1-6H2. The SMILES string of the molecule is C=C(Cl)C(=O)OC1(Cl)C2CC3CC(C2)CC1C3. The van der Waals surface area contributed by atoms with Crippen LogP contribution < -0.4 is 0 Å². The van der Waals surface area contributed by atoms with Crippen LogP contribution in [0.25, 0.3) is 0 Å². The first-order valence-corrected chi connectivity index (χ1v) is 7.01. The van der Waals surface area contributed by atoms with Crippen LogP contribution in [-0.4, -0.2) is 11.0 Å². The Morgan fingerprint density at radius 1 is 1.12 bits per heavy atom. The molecule has 0 radical (unpaired) electrons. The van der Waals surface area contributed by atoms with Crippen molar-refractivity contribution >= 4 is 29.2 Å². The molecule has 0 saturated heterocycles. The number of carbonyl (C=O) groups is 1. The van der Waals surface area contributed by atoms with Crippen molar-refractivity contribution in [3.8, 4) is 0 Å². The monoisotopic (exact) mass is 274 g/mol. The Morgan fingerprint density at radius 2 is 1.59 bits per heavy atom. The zero-order valence-corrected chi connectivity index (χ0v) is 11.1. The van der Waals surface area contributed by atoms with Crippen LogP contribution in [0, 0.1) is 23.7 Å². The number of esters is 1. The summed E-state index contributed by atoms with van der Waals surface area (Å²) in [5.74, 6) is 1.64. The second-order valence-corrected chi connectivity index (χ2v) is 6.84. The van der Waals surface area contributed by atoms with Crippen LogP contribution in [0.1, 0.15) is 32.1 Å². The first-order valence-electron chi connectivity index (χ1n) is 6.25. The molecule has 17 heavy (non-hydrogen) atoms. The van der Waals surface area contributed by atoms with Crippen molar-refractivity contribution in [2.75, 3.05) is 0 Å². The average Bonchev–Trinajstić information content (AvgIpc) is 2.25. The molecule has 0 atom stereocenters. The molecular weight excluding hydrogens is 259 g/mol. The van der Waals surface area contributed by atoms with Crippen molar-refractivity contribution in [3.05, 3.63) is 11.6 Å². The largest absolute Gasteiger partial charge is 0.438 e. The third kappa shape index (κ3) is 1.80. The lowest BCUT2D eigenvalue weighted by atomic mass is 9.54. The Morgan fingerprint density at radius 3 is 2.00 bits per heavy atom. The molecule has 4 saturated carbocycles. The van der Waals surface area contributed by atoms with Crippen LogP contribution in [0.5, 0.6) is 0 Å². The van der Waals surface area contributed by atoms with Gasteiger partial charge >= 0.3 is 5.97 Å². The second kappa shape index (κ2) is 3.89. The van der Waals surface area contributed by atoms with Crippen molar-refractivity contribution in [2.45, 2.75) is 37.2 Å². The molecule has 0 heterocycles.